The van der Waals surface area contributed by atoms with Crippen molar-refractivity contribution in [1.29, 1.82) is 0 Å². The second-order valence-electron chi connectivity index (χ2n) is 1.51. The van der Waals surface area contributed by atoms with Crippen molar-refractivity contribution in [2.75, 3.05) is 0 Å². The lowest BCUT2D eigenvalue weighted by Crippen LogP contribution is -2.02. The Bertz CT molecular complexity index is 151. The van der Waals surface area contributed by atoms with E-state index < -0.39 is 17.9 Å². The quantitative estimate of drug-likeness (QED) is 0.432. The summed E-state index contributed by atoms with van der Waals surface area (Å²) in [5.41, 5.74) is 0. The van der Waals surface area contributed by atoms with Crippen molar-refractivity contribution < 1.29 is 13.9 Å². The van der Waals surface area contributed by atoms with Gasteiger partial charge in [-0.2, -0.15) is 4.39 Å². The highest BCUT2D eigenvalue weighted by molar-refractivity contribution is 5.87. The highest BCUT2D eigenvalue weighted by Crippen LogP contribution is 2.11. The highest BCUT2D eigenvalue weighted by Gasteiger charge is 2.22. The zero-order valence-corrected chi connectivity index (χ0v) is 4.27. The fraction of sp³-hybridized carbons (Fsp3) is 0.400. The van der Waals surface area contributed by atoms with Crippen LogP contribution in [0.15, 0.2) is 5.83 Å². The van der Waals surface area contributed by atoms with Gasteiger partial charge in [0.2, 0.25) is 5.83 Å². The predicted molar refractivity (Wildman–Crippen MR) is 23.4 cm³/mol. The topological polar surface area (TPSA) is 26.3 Å². The second-order valence-corrected chi connectivity index (χ2v) is 1.51. The van der Waals surface area contributed by atoms with Crippen LogP contribution < -0.4 is 0 Å². The number of carbonyl (C=O) groups is 1. The maximum absolute atomic E-state index is 11.9. The third-order valence-corrected chi connectivity index (χ3v) is 0.793. The maximum Gasteiger partial charge on any atom is 0.368 e. The van der Waals surface area contributed by atoms with Crippen LogP contribution in [-0.4, -0.2) is 12.1 Å². The van der Waals surface area contributed by atoms with E-state index in [-0.39, 0.29) is 0 Å². The molecular weight excluding hydrogens is 111 g/mol. The molecule has 0 saturated heterocycles. The summed E-state index contributed by atoms with van der Waals surface area (Å²) in [5.74, 6) is -1.81. The average molecular weight is 115 g/mol. The first-order valence-electron chi connectivity index (χ1n) is 2.20. The van der Waals surface area contributed by atoms with E-state index in [1.807, 2.05) is 0 Å². The summed E-state index contributed by atoms with van der Waals surface area (Å²) in [6, 6.07) is 0. The molecule has 0 aliphatic carbocycles. The van der Waals surface area contributed by atoms with Crippen molar-refractivity contribution in [1.82, 2.24) is 0 Å². The van der Waals surface area contributed by atoms with Crippen LogP contribution in [0.3, 0.4) is 0 Å². The molecule has 0 aromatic carbocycles. The number of hydrogen-bond acceptors (Lipinski definition) is 2. The predicted octanol–water partition coefficient (Wildman–Crippen LogP) is 0.588. The lowest BCUT2D eigenvalue weighted by atomic mass is 10.4. The van der Waals surface area contributed by atoms with Gasteiger partial charge in [0.15, 0.2) is 0 Å². The Kier molecular flexibility index (Phi) is 1.04. The van der Waals surface area contributed by atoms with Gasteiger partial charge in [0.05, 0.1) is 0 Å². The molecule has 0 amide bonds. The molecule has 43 valence electrons. The summed E-state index contributed by atoms with van der Waals surface area (Å²) in [4.78, 5) is 10.1. The largest absolute Gasteiger partial charge is 0.452 e. The van der Waals surface area contributed by atoms with Crippen LogP contribution in [0, 0.1) is 6.08 Å². The Morgan fingerprint density at radius 1 is 1.88 bits per heavy atom. The lowest BCUT2D eigenvalue weighted by Gasteiger charge is -1.94. The second kappa shape index (κ2) is 1.58. The number of hydrogen-bond donors (Lipinski definition) is 0. The molecular formula is C5H4FO2. The SMILES string of the molecule is CC1[C]=C(F)C(=O)O1. The van der Waals surface area contributed by atoms with Gasteiger partial charge in [-0.1, -0.05) is 0 Å². The van der Waals surface area contributed by atoms with Gasteiger partial charge < -0.3 is 4.74 Å². The molecule has 1 atom stereocenters. The lowest BCUT2D eigenvalue weighted by molar-refractivity contribution is -0.140. The van der Waals surface area contributed by atoms with Gasteiger partial charge in [-0.05, 0) is 6.92 Å². The number of esters is 1. The maximum atomic E-state index is 11.9. The van der Waals surface area contributed by atoms with Crippen LogP contribution in [-0.2, 0) is 9.53 Å². The van der Waals surface area contributed by atoms with Crippen molar-refractivity contribution in [3.05, 3.63) is 11.9 Å². The zero-order valence-electron chi connectivity index (χ0n) is 4.27. The Labute approximate surface area is 45.9 Å². The molecule has 1 heterocycles. The molecule has 0 aromatic heterocycles. The number of rotatable bonds is 0. The van der Waals surface area contributed by atoms with Crippen molar-refractivity contribution in [2.45, 2.75) is 13.0 Å². The van der Waals surface area contributed by atoms with Gasteiger partial charge >= 0.3 is 5.97 Å². The summed E-state index contributed by atoms with van der Waals surface area (Å²) >= 11 is 0. The van der Waals surface area contributed by atoms with Gasteiger partial charge in [0, 0.05) is 6.08 Å². The molecule has 1 radical (unpaired) electrons. The van der Waals surface area contributed by atoms with Gasteiger partial charge in [0.1, 0.15) is 6.10 Å². The van der Waals surface area contributed by atoms with E-state index in [9.17, 15) is 9.18 Å². The molecule has 0 aromatic rings. The minimum Gasteiger partial charge on any atom is -0.452 e. The van der Waals surface area contributed by atoms with Crippen molar-refractivity contribution in [2.24, 2.45) is 0 Å². The van der Waals surface area contributed by atoms with Crippen LogP contribution in [0.25, 0.3) is 0 Å². The molecule has 0 N–H and O–H groups in total. The standard InChI is InChI=1S/C5H4FO2/c1-3-2-4(6)5(7)8-3/h3H,1H3. The first-order valence-corrected chi connectivity index (χ1v) is 2.20. The molecule has 3 heteroatoms. The van der Waals surface area contributed by atoms with Crippen molar-refractivity contribution >= 4 is 5.97 Å². The van der Waals surface area contributed by atoms with Gasteiger partial charge in [-0.3, -0.25) is 0 Å². The highest BCUT2D eigenvalue weighted by atomic mass is 19.1. The van der Waals surface area contributed by atoms with Crippen LogP contribution >= 0.6 is 0 Å². The molecule has 2 nitrogen and oxygen atoms in total. The molecule has 1 aliphatic rings. The number of cyclic esters (lactones) is 1. The van der Waals surface area contributed by atoms with E-state index in [4.69, 9.17) is 0 Å². The molecule has 0 bridgehead atoms. The molecule has 1 aliphatic heterocycles. The third-order valence-electron chi connectivity index (χ3n) is 0.793. The van der Waals surface area contributed by atoms with E-state index in [0.29, 0.717) is 0 Å². The van der Waals surface area contributed by atoms with Crippen LogP contribution in [0.5, 0.6) is 0 Å². The Morgan fingerprint density at radius 2 is 2.50 bits per heavy atom. The first kappa shape index (κ1) is 5.28. The molecule has 0 spiro atoms. The molecule has 8 heavy (non-hydrogen) atoms. The summed E-state index contributed by atoms with van der Waals surface area (Å²) in [6.07, 6.45) is 1.63. The van der Waals surface area contributed by atoms with Gasteiger partial charge in [-0.15, -0.1) is 0 Å². The number of halogens is 1. The van der Waals surface area contributed by atoms with E-state index in [1.165, 1.54) is 0 Å². The molecule has 1 rings (SSSR count). The Morgan fingerprint density at radius 3 is 2.62 bits per heavy atom. The Balaban J connectivity index is 2.73. The molecule has 0 fully saturated rings. The van der Waals surface area contributed by atoms with E-state index in [0.717, 1.165) is 0 Å². The number of carbonyl (C=O) groups excluding carboxylic acids is 1. The molecule has 1 unspecified atom stereocenters. The third kappa shape index (κ3) is 0.710. The summed E-state index contributed by atoms with van der Waals surface area (Å²) in [7, 11) is 0. The van der Waals surface area contributed by atoms with Crippen molar-refractivity contribution in [3.63, 3.8) is 0 Å². The summed E-state index contributed by atoms with van der Waals surface area (Å²) < 4.78 is 16.2. The van der Waals surface area contributed by atoms with E-state index >= 15 is 0 Å². The number of ether oxygens (including phenoxy) is 1. The monoisotopic (exact) mass is 115 g/mol. The minimum atomic E-state index is -0.905. The normalized spacial score (nSPS) is 27.5. The van der Waals surface area contributed by atoms with E-state index in [2.05, 4.69) is 10.8 Å². The smallest absolute Gasteiger partial charge is 0.368 e. The fourth-order valence-corrected chi connectivity index (χ4v) is 0.479. The fourth-order valence-electron chi connectivity index (χ4n) is 0.479. The molecule has 0 saturated carbocycles. The Hall–Kier alpha value is -0.860. The summed E-state index contributed by atoms with van der Waals surface area (Å²) in [6.45, 7) is 1.55. The van der Waals surface area contributed by atoms with Gasteiger partial charge in [0.25, 0.3) is 0 Å². The van der Waals surface area contributed by atoms with Crippen molar-refractivity contribution in [3.8, 4) is 0 Å². The van der Waals surface area contributed by atoms with E-state index in [1.54, 1.807) is 6.92 Å². The first-order chi connectivity index (χ1) is 3.70. The van der Waals surface area contributed by atoms with Gasteiger partial charge in [-0.25, -0.2) is 4.79 Å². The summed E-state index contributed by atoms with van der Waals surface area (Å²) in [5, 5.41) is 0. The van der Waals surface area contributed by atoms with Crippen LogP contribution in [0.1, 0.15) is 6.92 Å². The van der Waals surface area contributed by atoms with Crippen LogP contribution in [0.4, 0.5) is 4.39 Å². The van der Waals surface area contributed by atoms with Crippen LogP contribution in [0.2, 0.25) is 0 Å². The minimum absolute atomic E-state index is 0.512. The zero-order chi connectivity index (χ0) is 6.15. The average Bonchev–Trinajstić information content (AvgIpc) is 1.85.